The summed E-state index contributed by atoms with van der Waals surface area (Å²) < 4.78 is 11.3. The Hall–Kier alpha value is -2.07. The maximum atomic E-state index is 5.95. The zero-order valence-electron chi connectivity index (χ0n) is 13.3. The van der Waals surface area contributed by atoms with Crippen molar-refractivity contribution in [1.29, 1.82) is 0 Å². The smallest absolute Gasteiger partial charge is 0.126 e. The average Bonchev–Trinajstić information content (AvgIpc) is 2.55. The van der Waals surface area contributed by atoms with Gasteiger partial charge in [0, 0.05) is 30.4 Å². The van der Waals surface area contributed by atoms with Crippen LogP contribution in [0.4, 0.5) is 0 Å². The van der Waals surface area contributed by atoms with Crippen LogP contribution in [0.2, 0.25) is 0 Å². The quantitative estimate of drug-likeness (QED) is 0.813. The lowest BCUT2D eigenvalue weighted by atomic mass is 9.95. The normalized spacial score (nSPS) is 12.0. The van der Waals surface area contributed by atoms with Crippen molar-refractivity contribution < 1.29 is 9.47 Å². The van der Waals surface area contributed by atoms with Gasteiger partial charge in [-0.15, -0.1) is 0 Å². The Labute approximate surface area is 132 Å². The van der Waals surface area contributed by atoms with Crippen molar-refractivity contribution in [3.63, 3.8) is 0 Å². The molecule has 2 aromatic rings. The molecule has 0 saturated heterocycles. The molecule has 0 saturated carbocycles. The van der Waals surface area contributed by atoms with E-state index < -0.39 is 0 Å². The van der Waals surface area contributed by atoms with Crippen LogP contribution in [0, 0.1) is 0 Å². The van der Waals surface area contributed by atoms with Gasteiger partial charge in [0.1, 0.15) is 11.5 Å². The predicted octanol–water partition coefficient (Wildman–Crippen LogP) is 3.16. The van der Waals surface area contributed by atoms with Gasteiger partial charge in [0.25, 0.3) is 0 Å². The first-order chi connectivity index (χ1) is 10.8. The molecular formula is C18H24N2O2. The van der Waals surface area contributed by atoms with E-state index in [4.69, 9.17) is 15.2 Å². The fraction of sp³-hybridized carbons (Fsp3) is 0.389. The summed E-state index contributed by atoms with van der Waals surface area (Å²) in [4.78, 5) is 4.42. The summed E-state index contributed by atoms with van der Waals surface area (Å²) in [7, 11) is 0. The first-order valence-electron chi connectivity index (χ1n) is 7.78. The average molecular weight is 300 g/mol. The molecule has 0 radical (unpaired) electrons. The Kier molecular flexibility index (Phi) is 6.22. The van der Waals surface area contributed by atoms with E-state index in [0.29, 0.717) is 19.8 Å². The largest absolute Gasteiger partial charge is 0.494 e. The van der Waals surface area contributed by atoms with Gasteiger partial charge < -0.3 is 15.2 Å². The van der Waals surface area contributed by atoms with Crippen molar-refractivity contribution in [1.82, 2.24) is 4.98 Å². The third kappa shape index (κ3) is 4.21. The molecule has 0 amide bonds. The van der Waals surface area contributed by atoms with Crippen LogP contribution >= 0.6 is 0 Å². The van der Waals surface area contributed by atoms with E-state index in [-0.39, 0.29) is 5.92 Å². The highest BCUT2D eigenvalue weighted by atomic mass is 16.5. The second kappa shape index (κ2) is 8.39. The van der Waals surface area contributed by atoms with Crippen LogP contribution in [0.3, 0.4) is 0 Å². The Morgan fingerprint density at radius 2 is 1.91 bits per heavy atom. The highest BCUT2D eigenvalue weighted by Gasteiger charge is 2.15. The van der Waals surface area contributed by atoms with Crippen LogP contribution in [0.15, 0.2) is 42.6 Å². The minimum Gasteiger partial charge on any atom is -0.494 e. The second-order valence-electron chi connectivity index (χ2n) is 5.03. The molecule has 0 fully saturated rings. The van der Waals surface area contributed by atoms with Gasteiger partial charge in [-0.2, -0.15) is 0 Å². The van der Waals surface area contributed by atoms with E-state index in [1.54, 1.807) is 6.20 Å². The molecular weight excluding hydrogens is 276 g/mol. The molecule has 1 heterocycles. The van der Waals surface area contributed by atoms with E-state index in [2.05, 4.69) is 11.1 Å². The number of hydrogen-bond acceptors (Lipinski definition) is 4. The highest BCUT2D eigenvalue weighted by Crippen LogP contribution is 2.29. The van der Waals surface area contributed by atoms with E-state index in [1.165, 1.54) is 0 Å². The van der Waals surface area contributed by atoms with Crippen LogP contribution < -0.4 is 15.2 Å². The summed E-state index contributed by atoms with van der Waals surface area (Å²) in [5.41, 5.74) is 8.09. The number of hydrogen-bond donors (Lipinski definition) is 1. The lowest BCUT2D eigenvalue weighted by molar-refractivity contribution is 0.320. The molecule has 1 aromatic carbocycles. The van der Waals surface area contributed by atoms with Gasteiger partial charge in [-0.1, -0.05) is 12.1 Å². The molecule has 0 aliphatic rings. The topological polar surface area (TPSA) is 57.4 Å². The van der Waals surface area contributed by atoms with Crippen molar-refractivity contribution in [2.45, 2.75) is 26.2 Å². The van der Waals surface area contributed by atoms with Crippen molar-refractivity contribution in [3.8, 4) is 11.5 Å². The van der Waals surface area contributed by atoms with Crippen LogP contribution in [0.1, 0.15) is 31.0 Å². The van der Waals surface area contributed by atoms with Crippen LogP contribution in [0.25, 0.3) is 0 Å². The zero-order chi connectivity index (χ0) is 15.8. The Morgan fingerprint density at radius 3 is 2.55 bits per heavy atom. The second-order valence-corrected chi connectivity index (χ2v) is 5.03. The summed E-state index contributed by atoms with van der Waals surface area (Å²) in [5.74, 6) is 1.87. The van der Waals surface area contributed by atoms with Gasteiger partial charge in [-0.25, -0.2) is 0 Å². The summed E-state index contributed by atoms with van der Waals surface area (Å²) in [6.45, 7) is 5.77. The van der Waals surface area contributed by atoms with Crippen molar-refractivity contribution in [3.05, 3.63) is 53.9 Å². The summed E-state index contributed by atoms with van der Waals surface area (Å²) in [5, 5.41) is 0. The number of benzene rings is 1. The fourth-order valence-corrected chi connectivity index (χ4v) is 2.44. The van der Waals surface area contributed by atoms with Crippen LogP contribution in [-0.4, -0.2) is 24.7 Å². The van der Waals surface area contributed by atoms with Gasteiger partial charge in [0.15, 0.2) is 0 Å². The molecule has 2 N–H and O–H groups in total. The molecule has 0 aliphatic carbocycles. The Balaban J connectivity index is 2.23. The van der Waals surface area contributed by atoms with E-state index in [9.17, 15) is 0 Å². The molecule has 4 heteroatoms. The van der Waals surface area contributed by atoms with Gasteiger partial charge in [-0.05, 0) is 44.0 Å². The van der Waals surface area contributed by atoms with Gasteiger partial charge >= 0.3 is 0 Å². The monoisotopic (exact) mass is 300 g/mol. The maximum absolute atomic E-state index is 5.95. The Bertz CT molecular complexity index is 573. The third-order valence-corrected chi connectivity index (χ3v) is 3.51. The summed E-state index contributed by atoms with van der Waals surface area (Å²) in [6.07, 6.45) is 2.61. The lowest BCUT2D eigenvalue weighted by Gasteiger charge is -2.17. The molecule has 22 heavy (non-hydrogen) atoms. The van der Waals surface area contributed by atoms with Gasteiger partial charge in [0.05, 0.1) is 13.2 Å². The van der Waals surface area contributed by atoms with Gasteiger partial charge in [-0.3, -0.25) is 4.98 Å². The van der Waals surface area contributed by atoms with Gasteiger partial charge in [0.2, 0.25) is 0 Å². The zero-order valence-corrected chi connectivity index (χ0v) is 13.3. The molecule has 0 bridgehead atoms. The molecule has 118 valence electrons. The first-order valence-corrected chi connectivity index (χ1v) is 7.78. The molecule has 0 aliphatic heterocycles. The number of aromatic nitrogens is 1. The summed E-state index contributed by atoms with van der Waals surface area (Å²) >= 11 is 0. The molecule has 4 nitrogen and oxygen atoms in total. The lowest BCUT2D eigenvalue weighted by Crippen LogP contribution is -2.16. The minimum absolute atomic E-state index is 0.179. The number of nitrogens with two attached hydrogens (primary N) is 1. The number of pyridine rings is 1. The minimum atomic E-state index is 0.179. The maximum Gasteiger partial charge on any atom is 0.126 e. The third-order valence-electron chi connectivity index (χ3n) is 3.51. The molecule has 1 unspecified atom stereocenters. The molecule has 1 atom stereocenters. The van der Waals surface area contributed by atoms with Crippen molar-refractivity contribution in [2.75, 3.05) is 19.8 Å². The first kappa shape index (κ1) is 16.3. The van der Waals surface area contributed by atoms with E-state index in [1.807, 2.05) is 44.2 Å². The van der Waals surface area contributed by atoms with Crippen molar-refractivity contribution >= 4 is 0 Å². The fourth-order valence-electron chi connectivity index (χ4n) is 2.44. The van der Waals surface area contributed by atoms with Crippen molar-refractivity contribution in [2.24, 2.45) is 5.73 Å². The molecule has 0 spiro atoms. The summed E-state index contributed by atoms with van der Waals surface area (Å²) in [6, 6.07) is 11.9. The number of nitrogens with zero attached hydrogens (tertiary/aromatic N) is 1. The SMILES string of the molecule is CCOc1ccc(CC(CN)c2ccccn2)c(OCC)c1. The van der Waals surface area contributed by atoms with Crippen LogP contribution in [-0.2, 0) is 6.42 Å². The highest BCUT2D eigenvalue weighted by molar-refractivity contribution is 5.41. The molecule has 2 rings (SSSR count). The van der Waals surface area contributed by atoms with Crippen LogP contribution in [0.5, 0.6) is 11.5 Å². The standard InChI is InChI=1S/C18H24N2O2/c1-3-21-16-9-8-14(18(12-16)22-4-2)11-15(13-19)17-7-5-6-10-20-17/h5-10,12,15H,3-4,11,13,19H2,1-2H3. The number of ether oxygens (including phenoxy) is 2. The Morgan fingerprint density at radius 1 is 1.09 bits per heavy atom. The predicted molar refractivity (Wildman–Crippen MR) is 88.5 cm³/mol. The number of rotatable bonds is 8. The van der Waals surface area contributed by atoms with E-state index in [0.717, 1.165) is 29.2 Å². The van der Waals surface area contributed by atoms with E-state index >= 15 is 0 Å². The molecule has 1 aromatic heterocycles.